The number of amides is 2. The number of imide groups is 1. The number of hydrogen-bond acceptors (Lipinski definition) is 6. The summed E-state index contributed by atoms with van der Waals surface area (Å²) in [6.07, 6.45) is 1.62. The average Bonchev–Trinajstić information content (AvgIpc) is 3.12. The van der Waals surface area contributed by atoms with Gasteiger partial charge in [0.15, 0.2) is 0 Å². The van der Waals surface area contributed by atoms with Crippen molar-refractivity contribution in [2.45, 2.75) is 6.61 Å². The smallest absolute Gasteiger partial charge is 0.293 e. The summed E-state index contributed by atoms with van der Waals surface area (Å²) in [6, 6.07) is 22.0. The SMILES string of the molecule is N#Cc1ccccc1COc1ccccc1/C=C1\SC(=O)N(CCOc2ccc(F)cc2)C1=O. The second kappa shape index (κ2) is 10.7. The summed E-state index contributed by atoms with van der Waals surface area (Å²) in [5, 5.41) is 8.87. The molecule has 0 unspecified atom stereocenters. The normalized spacial score (nSPS) is 14.4. The molecule has 0 atom stereocenters. The van der Waals surface area contributed by atoms with Crippen LogP contribution < -0.4 is 9.47 Å². The highest BCUT2D eigenvalue weighted by atomic mass is 32.2. The molecule has 1 aliphatic rings. The lowest BCUT2D eigenvalue weighted by molar-refractivity contribution is -0.123. The Labute approximate surface area is 200 Å². The molecule has 1 saturated heterocycles. The van der Waals surface area contributed by atoms with E-state index in [2.05, 4.69) is 6.07 Å². The lowest BCUT2D eigenvalue weighted by Crippen LogP contribution is -2.32. The molecule has 0 aliphatic carbocycles. The van der Waals surface area contributed by atoms with Crippen LogP contribution in [0.3, 0.4) is 0 Å². The molecule has 0 bridgehead atoms. The first-order chi connectivity index (χ1) is 16.5. The molecule has 0 spiro atoms. The van der Waals surface area contributed by atoms with Gasteiger partial charge in [-0.25, -0.2) is 4.39 Å². The van der Waals surface area contributed by atoms with Gasteiger partial charge in [-0.3, -0.25) is 14.5 Å². The summed E-state index contributed by atoms with van der Waals surface area (Å²) in [7, 11) is 0. The number of nitrogens with zero attached hydrogens (tertiary/aromatic N) is 2. The molecule has 4 rings (SSSR count). The van der Waals surface area contributed by atoms with E-state index >= 15 is 0 Å². The summed E-state index contributed by atoms with van der Waals surface area (Å²) in [4.78, 5) is 26.6. The number of nitriles is 1. The number of carbonyl (C=O) groups is 2. The molecule has 1 heterocycles. The fourth-order valence-electron chi connectivity index (χ4n) is 3.26. The van der Waals surface area contributed by atoms with Gasteiger partial charge in [-0.1, -0.05) is 36.4 Å². The minimum atomic E-state index is -0.415. The van der Waals surface area contributed by atoms with Crippen LogP contribution in [0.4, 0.5) is 9.18 Å². The molecular formula is C26H19FN2O4S. The van der Waals surface area contributed by atoms with Crippen LogP contribution in [0.1, 0.15) is 16.7 Å². The monoisotopic (exact) mass is 474 g/mol. The number of benzene rings is 3. The van der Waals surface area contributed by atoms with E-state index in [-0.39, 0.29) is 35.7 Å². The van der Waals surface area contributed by atoms with Crippen LogP contribution in [0.2, 0.25) is 0 Å². The van der Waals surface area contributed by atoms with E-state index in [1.54, 1.807) is 36.4 Å². The van der Waals surface area contributed by atoms with Crippen molar-refractivity contribution < 1.29 is 23.5 Å². The van der Waals surface area contributed by atoms with Gasteiger partial charge >= 0.3 is 0 Å². The quantitative estimate of drug-likeness (QED) is 0.407. The van der Waals surface area contributed by atoms with Crippen LogP contribution >= 0.6 is 11.8 Å². The molecule has 1 aliphatic heterocycles. The Morgan fingerprint density at radius 2 is 1.71 bits per heavy atom. The van der Waals surface area contributed by atoms with Gasteiger partial charge in [0, 0.05) is 11.1 Å². The van der Waals surface area contributed by atoms with Gasteiger partial charge in [0.2, 0.25) is 0 Å². The van der Waals surface area contributed by atoms with E-state index in [0.29, 0.717) is 22.6 Å². The third-order valence-corrected chi connectivity index (χ3v) is 5.90. The maximum Gasteiger partial charge on any atom is 0.293 e. The molecule has 3 aromatic carbocycles. The zero-order chi connectivity index (χ0) is 23.9. The van der Waals surface area contributed by atoms with Gasteiger partial charge in [-0.05, 0) is 54.2 Å². The number of thioether (sulfide) groups is 1. The van der Waals surface area contributed by atoms with Crippen LogP contribution in [0.25, 0.3) is 6.08 Å². The lowest BCUT2D eigenvalue weighted by atomic mass is 10.1. The summed E-state index contributed by atoms with van der Waals surface area (Å²) in [6.45, 7) is 0.355. The predicted octanol–water partition coefficient (Wildman–Crippen LogP) is 5.39. The molecule has 34 heavy (non-hydrogen) atoms. The Hall–Kier alpha value is -4.09. The molecule has 170 valence electrons. The predicted molar refractivity (Wildman–Crippen MR) is 127 cm³/mol. The van der Waals surface area contributed by atoms with E-state index in [1.807, 2.05) is 18.2 Å². The van der Waals surface area contributed by atoms with Crippen LogP contribution in [0.15, 0.2) is 77.7 Å². The van der Waals surface area contributed by atoms with E-state index < -0.39 is 5.91 Å². The molecule has 0 radical (unpaired) electrons. The van der Waals surface area contributed by atoms with Crippen molar-refractivity contribution in [2.24, 2.45) is 0 Å². The first-order valence-electron chi connectivity index (χ1n) is 10.4. The van der Waals surface area contributed by atoms with Gasteiger partial charge in [0.05, 0.1) is 23.1 Å². The van der Waals surface area contributed by atoms with E-state index in [0.717, 1.165) is 22.2 Å². The Balaban J connectivity index is 1.42. The zero-order valence-electron chi connectivity index (χ0n) is 17.9. The first-order valence-corrected chi connectivity index (χ1v) is 11.2. The van der Waals surface area contributed by atoms with Gasteiger partial charge in [-0.15, -0.1) is 0 Å². The molecule has 1 fully saturated rings. The minimum absolute atomic E-state index is 0.0719. The third-order valence-electron chi connectivity index (χ3n) is 5.00. The highest BCUT2D eigenvalue weighted by Crippen LogP contribution is 2.34. The van der Waals surface area contributed by atoms with E-state index in [1.165, 1.54) is 24.3 Å². The second-order valence-corrected chi connectivity index (χ2v) is 8.22. The maximum absolute atomic E-state index is 13.0. The topological polar surface area (TPSA) is 79.6 Å². The van der Waals surface area contributed by atoms with Crippen LogP contribution in [0, 0.1) is 17.1 Å². The largest absolute Gasteiger partial charge is 0.492 e. The van der Waals surface area contributed by atoms with Crippen molar-refractivity contribution in [3.63, 3.8) is 0 Å². The number of ether oxygens (including phenoxy) is 2. The molecule has 6 nitrogen and oxygen atoms in total. The molecule has 0 aromatic heterocycles. The molecule has 0 saturated carbocycles. The van der Waals surface area contributed by atoms with E-state index in [9.17, 15) is 19.2 Å². The molecular weight excluding hydrogens is 455 g/mol. The van der Waals surface area contributed by atoms with Crippen LogP contribution in [0.5, 0.6) is 11.5 Å². The van der Waals surface area contributed by atoms with E-state index in [4.69, 9.17) is 9.47 Å². The van der Waals surface area contributed by atoms with Gasteiger partial charge in [0.1, 0.15) is 30.5 Å². The van der Waals surface area contributed by atoms with Crippen molar-refractivity contribution >= 4 is 29.0 Å². The van der Waals surface area contributed by atoms with Gasteiger partial charge < -0.3 is 9.47 Å². The van der Waals surface area contributed by atoms with Crippen molar-refractivity contribution in [1.82, 2.24) is 4.90 Å². The molecule has 0 N–H and O–H groups in total. The number of halogens is 1. The Morgan fingerprint density at radius 1 is 0.971 bits per heavy atom. The number of rotatable bonds is 8. The molecule has 3 aromatic rings. The highest BCUT2D eigenvalue weighted by Gasteiger charge is 2.35. The average molecular weight is 475 g/mol. The Kier molecular flexibility index (Phi) is 7.25. The summed E-state index contributed by atoms with van der Waals surface area (Å²) < 4.78 is 24.4. The molecule has 2 amide bonds. The van der Waals surface area contributed by atoms with Gasteiger partial charge in [0.25, 0.3) is 11.1 Å². The van der Waals surface area contributed by atoms with Crippen LogP contribution in [-0.4, -0.2) is 29.2 Å². The van der Waals surface area contributed by atoms with Crippen LogP contribution in [-0.2, 0) is 11.4 Å². The Morgan fingerprint density at radius 3 is 2.50 bits per heavy atom. The summed E-state index contributed by atoms with van der Waals surface area (Å²) >= 11 is 0.849. The first kappa shape index (κ1) is 23.1. The van der Waals surface area contributed by atoms with Crippen molar-refractivity contribution in [1.29, 1.82) is 5.26 Å². The van der Waals surface area contributed by atoms with Crippen molar-refractivity contribution in [3.8, 4) is 17.6 Å². The summed E-state index contributed by atoms with van der Waals surface area (Å²) in [5.41, 5.74) is 1.93. The Bertz CT molecular complexity index is 1280. The number of hydrogen-bond donors (Lipinski definition) is 0. The standard InChI is InChI=1S/C26H19FN2O4S/c27-21-9-11-22(12-10-21)32-14-13-29-25(30)24(34-26(29)31)15-18-5-3-4-8-23(18)33-17-20-7-2-1-6-19(20)16-28/h1-12,15H,13-14,17H2/b24-15-. The fraction of sp³-hybridized carbons (Fsp3) is 0.115. The zero-order valence-corrected chi connectivity index (χ0v) is 18.8. The number of para-hydroxylation sites is 1. The lowest BCUT2D eigenvalue weighted by Gasteiger charge is -2.13. The minimum Gasteiger partial charge on any atom is -0.492 e. The third kappa shape index (κ3) is 5.45. The summed E-state index contributed by atoms with van der Waals surface area (Å²) in [5.74, 6) is 0.193. The second-order valence-electron chi connectivity index (χ2n) is 7.23. The highest BCUT2D eigenvalue weighted by molar-refractivity contribution is 8.18. The maximum atomic E-state index is 13.0. The van der Waals surface area contributed by atoms with Crippen molar-refractivity contribution in [2.75, 3.05) is 13.2 Å². The molecule has 8 heteroatoms. The fourth-order valence-corrected chi connectivity index (χ4v) is 4.12. The van der Waals surface area contributed by atoms with Crippen molar-refractivity contribution in [3.05, 3.63) is 100 Å². The van der Waals surface area contributed by atoms with Gasteiger partial charge in [-0.2, -0.15) is 5.26 Å². The number of carbonyl (C=O) groups excluding carboxylic acids is 2.